The van der Waals surface area contributed by atoms with E-state index >= 15 is 0 Å². The zero-order valence-corrected chi connectivity index (χ0v) is 17.0. The standard InChI is InChI=1S/C22H22F3N5O/c1-2-26-21(31)30-12-10-29(11-13-30)20-16-8-9-18(22(23,24)25)28-19(16)17(14-27-20)15-6-4-3-5-7-15/h3-9,14H,2,10-13H2,1H3,(H,26,31). The molecule has 2 aromatic heterocycles. The van der Waals surface area contributed by atoms with Crippen LogP contribution in [-0.2, 0) is 6.18 Å². The third kappa shape index (κ3) is 4.26. The van der Waals surface area contributed by atoms with E-state index in [1.54, 1.807) is 11.1 Å². The van der Waals surface area contributed by atoms with E-state index in [9.17, 15) is 18.0 Å². The Hall–Kier alpha value is -3.36. The fourth-order valence-electron chi connectivity index (χ4n) is 3.72. The van der Waals surface area contributed by atoms with Gasteiger partial charge in [-0.2, -0.15) is 13.2 Å². The SMILES string of the molecule is CCNC(=O)N1CCN(c2ncc(-c3ccccc3)c3nc(C(F)(F)F)ccc23)CC1. The number of anilines is 1. The Bertz CT molecular complexity index is 1080. The van der Waals surface area contributed by atoms with Crippen LogP contribution in [-0.4, -0.2) is 53.6 Å². The van der Waals surface area contributed by atoms with Gasteiger partial charge in [-0.05, 0) is 24.6 Å². The highest BCUT2D eigenvalue weighted by Crippen LogP contribution is 2.35. The number of halogens is 3. The Morgan fingerprint density at radius 1 is 1.06 bits per heavy atom. The van der Waals surface area contributed by atoms with Crippen molar-refractivity contribution in [2.45, 2.75) is 13.1 Å². The molecule has 6 nitrogen and oxygen atoms in total. The van der Waals surface area contributed by atoms with Gasteiger partial charge in [0.15, 0.2) is 0 Å². The average Bonchev–Trinajstić information content (AvgIpc) is 2.78. The zero-order chi connectivity index (χ0) is 22.0. The molecule has 3 aromatic rings. The number of pyridine rings is 2. The van der Waals surface area contributed by atoms with Crippen molar-refractivity contribution in [2.75, 3.05) is 37.6 Å². The number of hydrogen-bond acceptors (Lipinski definition) is 4. The van der Waals surface area contributed by atoms with Gasteiger partial charge in [-0.1, -0.05) is 30.3 Å². The largest absolute Gasteiger partial charge is 0.433 e. The minimum Gasteiger partial charge on any atom is -0.353 e. The van der Waals surface area contributed by atoms with Crippen molar-refractivity contribution >= 4 is 22.8 Å². The molecule has 0 spiro atoms. The van der Waals surface area contributed by atoms with E-state index in [1.165, 1.54) is 6.07 Å². The first kappa shape index (κ1) is 20.9. The summed E-state index contributed by atoms with van der Waals surface area (Å²) in [5.41, 5.74) is 0.624. The normalized spacial score (nSPS) is 14.7. The molecular formula is C22H22F3N5O. The van der Waals surface area contributed by atoms with E-state index in [1.807, 2.05) is 42.2 Å². The Morgan fingerprint density at radius 3 is 2.42 bits per heavy atom. The fraction of sp³-hybridized carbons (Fsp3) is 0.318. The molecule has 3 heterocycles. The summed E-state index contributed by atoms with van der Waals surface area (Å²) in [7, 11) is 0. The maximum Gasteiger partial charge on any atom is 0.433 e. The van der Waals surface area contributed by atoms with Gasteiger partial charge < -0.3 is 15.1 Å². The van der Waals surface area contributed by atoms with Crippen LogP contribution in [0.25, 0.3) is 22.0 Å². The molecule has 1 N–H and O–H groups in total. The van der Waals surface area contributed by atoms with Gasteiger partial charge in [-0.25, -0.2) is 14.8 Å². The molecule has 0 radical (unpaired) electrons. The highest BCUT2D eigenvalue weighted by Gasteiger charge is 2.33. The van der Waals surface area contributed by atoms with E-state index < -0.39 is 11.9 Å². The smallest absolute Gasteiger partial charge is 0.353 e. The lowest BCUT2D eigenvalue weighted by atomic mass is 10.0. The number of amides is 2. The summed E-state index contributed by atoms with van der Waals surface area (Å²) in [6.45, 7) is 4.49. The Kier molecular flexibility index (Phi) is 5.67. The number of urea groups is 1. The van der Waals surface area contributed by atoms with Gasteiger partial charge in [0.1, 0.15) is 11.5 Å². The number of piperazine rings is 1. The number of benzene rings is 1. The first-order valence-electron chi connectivity index (χ1n) is 10.1. The molecule has 2 amide bonds. The Labute approximate surface area is 177 Å². The average molecular weight is 429 g/mol. The number of hydrogen-bond donors (Lipinski definition) is 1. The van der Waals surface area contributed by atoms with Gasteiger partial charge in [-0.15, -0.1) is 0 Å². The summed E-state index contributed by atoms with van der Waals surface area (Å²) in [6, 6.07) is 11.5. The second-order valence-corrected chi connectivity index (χ2v) is 7.26. The quantitative estimate of drug-likeness (QED) is 0.679. The molecule has 0 saturated carbocycles. The number of alkyl halides is 3. The Balaban J connectivity index is 1.73. The van der Waals surface area contributed by atoms with E-state index in [-0.39, 0.29) is 11.5 Å². The van der Waals surface area contributed by atoms with E-state index in [0.29, 0.717) is 49.5 Å². The van der Waals surface area contributed by atoms with Crippen LogP contribution in [0.15, 0.2) is 48.7 Å². The van der Waals surface area contributed by atoms with Crippen molar-refractivity contribution in [1.29, 1.82) is 0 Å². The third-order valence-electron chi connectivity index (χ3n) is 5.28. The maximum absolute atomic E-state index is 13.4. The predicted molar refractivity (Wildman–Crippen MR) is 113 cm³/mol. The van der Waals surface area contributed by atoms with E-state index in [0.717, 1.165) is 11.6 Å². The van der Waals surface area contributed by atoms with Crippen LogP contribution in [0.4, 0.5) is 23.8 Å². The van der Waals surface area contributed by atoms with Crippen molar-refractivity contribution in [2.24, 2.45) is 0 Å². The van der Waals surface area contributed by atoms with Crippen molar-refractivity contribution in [1.82, 2.24) is 20.2 Å². The summed E-state index contributed by atoms with van der Waals surface area (Å²) in [5.74, 6) is 0.575. The molecule has 1 saturated heterocycles. The van der Waals surface area contributed by atoms with Gasteiger partial charge in [0.25, 0.3) is 0 Å². The second kappa shape index (κ2) is 8.41. The number of aromatic nitrogens is 2. The van der Waals surface area contributed by atoms with Crippen LogP contribution in [0.3, 0.4) is 0 Å². The van der Waals surface area contributed by atoms with Gasteiger partial charge >= 0.3 is 12.2 Å². The molecular weight excluding hydrogens is 407 g/mol. The number of fused-ring (bicyclic) bond motifs is 1. The topological polar surface area (TPSA) is 61.4 Å². The molecule has 0 bridgehead atoms. The molecule has 1 aliphatic heterocycles. The van der Waals surface area contributed by atoms with Gasteiger partial charge in [0.05, 0.1) is 5.52 Å². The highest BCUT2D eigenvalue weighted by molar-refractivity contribution is 5.99. The van der Waals surface area contributed by atoms with Crippen LogP contribution in [0.2, 0.25) is 0 Å². The van der Waals surface area contributed by atoms with Crippen LogP contribution >= 0.6 is 0 Å². The lowest BCUT2D eigenvalue weighted by Crippen LogP contribution is -2.52. The number of carbonyl (C=O) groups excluding carboxylic acids is 1. The minimum absolute atomic E-state index is 0.115. The summed E-state index contributed by atoms with van der Waals surface area (Å²) in [5, 5.41) is 3.34. The summed E-state index contributed by atoms with van der Waals surface area (Å²) in [4.78, 5) is 24.3. The molecule has 4 rings (SSSR count). The molecule has 31 heavy (non-hydrogen) atoms. The molecule has 1 aliphatic rings. The minimum atomic E-state index is -4.54. The highest BCUT2D eigenvalue weighted by atomic mass is 19.4. The van der Waals surface area contributed by atoms with Crippen molar-refractivity contribution in [3.05, 3.63) is 54.4 Å². The molecule has 0 unspecified atom stereocenters. The Morgan fingerprint density at radius 2 is 1.77 bits per heavy atom. The monoisotopic (exact) mass is 429 g/mol. The summed E-state index contributed by atoms with van der Waals surface area (Å²) in [6.07, 6.45) is -2.96. The van der Waals surface area contributed by atoms with Crippen molar-refractivity contribution in [3.8, 4) is 11.1 Å². The predicted octanol–water partition coefficient (Wildman–Crippen LogP) is 4.17. The summed E-state index contributed by atoms with van der Waals surface area (Å²) >= 11 is 0. The van der Waals surface area contributed by atoms with Crippen LogP contribution in [0.1, 0.15) is 12.6 Å². The van der Waals surface area contributed by atoms with Crippen LogP contribution in [0.5, 0.6) is 0 Å². The number of rotatable bonds is 3. The molecule has 162 valence electrons. The van der Waals surface area contributed by atoms with Gasteiger partial charge in [0, 0.05) is 49.9 Å². The van der Waals surface area contributed by atoms with Crippen LogP contribution < -0.4 is 10.2 Å². The van der Waals surface area contributed by atoms with Gasteiger partial charge in [0.2, 0.25) is 0 Å². The lowest BCUT2D eigenvalue weighted by molar-refractivity contribution is -0.140. The molecule has 1 fully saturated rings. The number of nitrogens with zero attached hydrogens (tertiary/aromatic N) is 4. The number of carbonyl (C=O) groups is 1. The molecule has 9 heteroatoms. The van der Waals surface area contributed by atoms with Crippen molar-refractivity contribution in [3.63, 3.8) is 0 Å². The zero-order valence-electron chi connectivity index (χ0n) is 17.0. The molecule has 1 aromatic carbocycles. The van der Waals surface area contributed by atoms with E-state index in [2.05, 4.69) is 15.3 Å². The van der Waals surface area contributed by atoms with E-state index in [4.69, 9.17) is 0 Å². The van der Waals surface area contributed by atoms with Crippen LogP contribution in [0, 0.1) is 0 Å². The number of nitrogens with one attached hydrogen (secondary N) is 1. The molecule has 0 aliphatic carbocycles. The fourth-order valence-corrected chi connectivity index (χ4v) is 3.72. The molecule has 0 atom stereocenters. The summed E-state index contributed by atoms with van der Waals surface area (Å²) < 4.78 is 40.1. The third-order valence-corrected chi connectivity index (χ3v) is 5.28. The lowest BCUT2D eigenvalue weighted by Gasteiger charge is -2.35. The second-order valence-electron chi connectivity index (χ2n) is 7.26. The first-order chi connectivity index (χ1) is 14.9. The van der Waals surface area contributed by atoms with Gasteiger partial charge in [-0.3, -0.25) is 0 Å². The maximum atomic E-state index is 13.4. The first-order valence-corrected chi connectivity index (χ1v) is 10.1. The van der Waals surface area contributed by atoms with Crippen molar-refractivity contribution < 1.29 is 18.0 Å².